The van der Waals surface area contributed by atoms with Crippen LogP contribution in [0.15, 0.2) is 29.3 Å². The fourth-order valence-corrected chi connectivity index (χ4v) is 2.65. The quantitative estimate of drug-likeness (QED) is 0.233. The molecule has 1 aromatic rings. The molecular weight excluding hydrogens is 465 g/mol. The average molecular weight is 497 g/mol. The van der Waals surface area contributed by atoms with Crippen LogP contribution in [0.4, 0.5) is 0 Å². The Kier molecular flexibility index (Phi) is 12.9. The van der Waals surface area contributed by atoms with E-state index < -0.39 is 9.84 Å². The number of nitrogens with one attached hydrogen (secondary N) is 1. The number of guanidine groups is 1. The number of hydrogen-bond acceptors (Lipinski definition) is 4. The van der Waals surface area contributed by atoms with Crippen molar-refractivity contribution in [3.05, 3.63) is 35.4 Å². The van der Waals surface area contributed by atoms with Crippen LogP contribution in [0.1, 0.15) is 25.0 Å². The maximum absolute atomic E-state index is 11.0. The van der Waals surface area contributed by atoms with Crippen molar-refractivity contribution in [2.75, 3.05) is 45.4 Å². The van der Waals surface area contributed by atoms with Gasteiger partial charge < -0.3 is 15.0 Å². The minimum atomic E-state index is -2.97. The van der Waals surface area contributed by atoms with E-state index >= 15 is 0 Å². The molecule has 1 aromatic carbocycles. The summed E-state index contributed by atoms with van der Waals surface area (Å²) in [5.74, 6) is 0.860. The molecule has 0 aliphatic rings. The van der Waals surface area contributed by atoms with Crippen LogP contribution in [0.25, 0.3) is 0 Å². The Hall–Kier alpha value is -0.870. The van der Waals surface area contributed by atoms with Crippen molar-refractivity contribution in [3.63, 3.8) is 0 Å². The van der Waals surface area contributed by atoms with Gasteiger partial charge >= 0.3 is 0 Å². The van der Waals surface area contributed by atoms with Crippen LogP contribution in [-0.2, 0) is 27.5 Å². The minimum Gasteiger partial charge on any atom is -0.378 e. The van der Waals surface area contributed by atoms with Crippen LogP contribution < -0.4 is 5.32 Å². The molecule has 26 heavy (non-hydrogen) atoms. The Bertz CT molecular complexity index is 634. The summed E-state index contributed by atoms with van der Waals surface area (Å²) in [6.45, 7) is 6.84. The molecule has 0 saturated heterocycles. The zero-order chi connectivity index (χ0) is 18.7. The summed E-state index contributed by atoms with van der Waals surface area (Å²) in [6, 6.07) is 8.60. The van der Waals surface area contributed by atoms with Crippen LogP contribution in [-0.4, -0.2) is 64.6 Å². The molecule has 0 fully saturated rings. The highest BCUT2D eigenvalue weighted by Crippen LogP contribution is 2.07. The third-order valence-electron chi connectivity index (χ3n) is 3.64. The van der Waals surface area contributed by atoms with Crippen molar-refractivity contribution in [1.29, 1.82) is 0 Å². The number of rotatable bonds is 10. The van der Waals surface area contributed by atoms with E-state index in [-0.39, 0.29) is 36.3 Å². The molecule has 0 spiro atoms. The van der Waals surface area contributed by atoms with Gasteiger partial charge in [-0.2, -0.15) is 0 Å². The first-order valence-electron chi connectivity index (χ1n) is 8.68. The van der Waals surface area contributed by atoms with Crippen LogP contribution in [0.2, 0.25) is 0 Å². The molecule has 0 saturated carbocycles. The summed E-state index contributed by atoms with van der Waals surface area (Å²) < 4.78 is 27.4. The zero-order valence-corrected chi connectivity index (χ0v) is 19.3. The number of halogens is 1. The lowest BCUT2D eigenvalue weighted by Gasteiger charge is -2.22. The Balaban J connectivity index is 0.00000625. The molecule has 1 rings (SSSR count). The first-order chi connectivity index (χ1) is 11.9. The van der Waals surface area contributed by atoms with Gasteiger partial charge in [0.2, 0.25) is 0 Å². The largest absolute Gasteiger partial charge is 0.378 e. The molecule has 0 aromatic heterocycles. The number of hydrogen-bond donors (Lipinski definition) is 1. The van der Waals surface area contributed by atoms with Gasteiger partial charge in [0.15, 0.2) is 5.96 Å². The van der Waals surface area contributed by atoms with E-state index in [0.29, 0.717) is 13.2 Å². The van der Waals surface area contributed by atoms with Crippen molar-refractivity contribution in [3.8, 4) is 0 Å². The molecule has 0 heterocycles. The van der Waals surface area contributed by atoms with Crippen molar-refractivity contribution in [2.24, 2.45) is 4.99 Å². The van der Waals surface area contributed by atoms with E-state index in [1.807, 2.05) is 14.0 Å². The molecule has 0 radical (unpaired) electrons. The van der Waals surface area contributed by atoms with Crippen LogP contribution in [0.5, 0.6) is 0 Å². The van der Waals surface area contributed by atoms with Gasteiger partial charge in [0, 0.05) is 26.4 Å². The van der Waals surface area contributed by atoms with E-state index in [9.17, 15) is 8.42 Å². The molecule has 0 unspecified atom stereocenters. The minimum absolute atomic E-state index is 0. The molecule has 0 aliphatic carbocycles. The fourth-order valence-electron chi connectivity index (χ4n) is 2.23. The van der Waals surface area contributed by atoms with Crippen LogP contribution in [0, 0.1) is 0 Å². The monoisotopic (exact) mass is 497 g/mol. The average Bonchev–Trinajstić information content (AvgIpc) is 2.56. The summed E-state index contributed by atoms with van der Waals surface area (Å²) in [5, 5.41) is 3.26. The molecule has 1 N–H and O–H groups in total. The first kappa shape index (κ1) is 25.1. The third kappa shape index (κ3) is 11.0. The number of nitrogens with zero attached hydrogens (tertiary/aromatic N) is 2. The van der Waals surface area contributed by atoms with E-state index in [1.54, 1.807) is 0 Å². The van der Waals surface area contributed by atoms with Crippen LogP contribution in [0.3, 0.4) is 0 Å². The number of sulfone groups is 1. The predicted molar refractivity (Wildman–Crippen MR) is 119 cm³/mol. The van der Waals surface area contributed by atoms with Crippen molar-refractivity contribution < 1.29 is 13.2 Å². The third-order valence-corrected chi connectivity index (χ3v) is 4.55. The Morgan fingerprint density at radius 1 is 1.15 bits per heavy atom. The van der Waals surface area contributed by atoms with Gasteiger partial charge in [-0.25, -0.2) is 8.42 Å². The highest BCUT2D eigenvalue weighted by atomic mass is 127. The summed E-state index contributed by atoms with van der Waals surface area (Å²) >= 11 is 0. The Labute approximate surface area is 175 Å². The number of aryl methyl sites for hydroxylation is 1. The fraction of sp³-hybridized carbons (Fsp3) is 0.611. The van der Waals surface area contributed by atoms with Crippen molar-refractivity contribution >= 4 is 39.8 Å². The SMILES string of the molecule is CCNC(=NCCOCCS(C)(=O)=O)N(C)Cc1ccc(CC)cc1.I. The molecule has 150 valence electrons. The summed E-state index contributed by atoms with van der Waals surface area (Å²) in [7, 11) is -0.971. The molecular formula is C18H32IN3O3S. The highest BCUT2D eigenvalue weighted by molar-refractivity contribution is 14.0. The summed E-state index contributed by atoms with van der Waals surface area (Å²) in [4.78, 5) is 6.60. The highest BCUT2D eigenvalue weighted by Gasteiger charge is 2.06. The van der Waals surface area contributed by atoms with Gasteiger partial charge in [0.05, 0.1) is 25.5 Å². The second kappa shape index (κ2) is 13.3. The molecule has 0 bridgehead atoms. The maximum atomic E-state index is 11.0. The van der Waals surface area contributed by atoms with E-state index in [1.165, 1.54) is 17.4 Å². The smallest absolute Gasteiger partial charge is 0.194 e. The molecule has 6 nitrogen and oxygen atoms in total. The second-order valence-corrected chi connectivity index (χ2v) is 8.26. The summed E-state index contributed by atoms with van der Waals surface area (Å²) in [6.07, 6.45) is 2.25. The lowest BCUT2D eigenvalue weighted by molar-refractivity contribution is 0.157. The molecule has 0 aliphatic heterocycles. The lowest BCUT2D eigenvalue weighted by Crippen LogP contribution is -2.38. The molecule has 0 atom stereocenters. The number of aliphatic imine (C=N–C) groups is 1. The van der Waals surface area contributed by atoms with Crippen LogP contribution >= 0.6 is 24.0 Å². The van der Waals surface area contributed by atoms with E-state index in [2.05, 4.69) is 46.4 Å². The van der Waals surface area contributed by atoms with Gasteiger partial charge in [-0.1, -0.05) is 31.2 Å². The normalized spacial score (nSPS) is 11.8. The van der Waals surface area contributed by atoms with Gasteiger partial charge in [-0.15, -0.1) is 24.0 Å². The number of benzene rings is 1. The van der Waals surface area contributed by atoms with Gasteiger partial charge in [-0.05, 0) is 24.5 Å². The Morgan fingerprint density at radius 3 is 2.31 bits per heavy atom. The lowest BCUT2D eigenvalue weighted by atomic mass is 10.1. The Morgan fingerprint density at radius 2 is 1.77 bits per heavy atom. The topological polar surface area (TPSA) is 71.0 Å². The predicted octanol–water partition coefficient (Wildman–Crippen LogP) is 2.33. The first-order valence-corrected chi connectivity index (χ1v) is 10.7. The standard InChI is InChI=1S/C18H31N3O3S.HI/c1-5-16-7-9-17(10-8-16)15-21(3)18(19-6-2)20-11-12-24-13-14-25(4,22)23;/h7-10H,5-6,11-15H2,1-4H3,(H,19,20);1H. The van der Waals surface area contributed by atoms with Crippen molar-refractivity contribution in [1.82, 2.24) is 10.2 Å². The van der Waals surface area contributed by atoms with Gasteiger partial charge in [-0.3, -0.25) is 4.99 Å². The molecule has 8 heteroatoms. The van der Waals surface area contributed by atoms with Gasteiger partial charge in [0.1, 0.15) is 9.84 Å². The second-order valence-electron chi connectivity index (χ2n) is 6.00. The maximum Gasteiger partial charge on any atom is 0.194 e. The van der Waals surface area contributed by atoms with E-state index in [0.717, 1.165) is 25.5 Å². The number of ether oxygens (including phenoxy) is 1. The van der Waals surface area contributed by atoms with E-state index in [4.69, 9.17) is 4.74 Å². The van der Waals surface area contributed by atoms with Gasteiger partial charge in [0.25, 0.3) is 0 Å². The molecule has 0 amide bonds. The zero-order valence-electron chi connectivity index (χ0n) is 16.2. The summed E-state index contributed by atoms with van der Waals surface area (Å²) in [5.41, 5.74) is 2.56. The van der Waals surface area contributed by atoms with Crippen molar-refractivity contribution in [2.45, 2.75) is 26.8 Å².